The van der Waals surface area contributed by atoms with Crippen molar-refractivity contribution in [2.75, 3.05) is 52.6 Å². The number of morpholine rings is 2. The number of ether oxygens (including phenoxy) is 2. The lowest BCUT2D eigenvalue weighted by Crippen LogP contribution is -2.50. The quantitative estimate of drug-likeness (QED) is 0.830. The molecule has 3 rings (SSSR count). The Bertz CT molecular complexity index is 454. The minimum absolute atomic E-state index is 0.186. The zero-order valence-electron chi connectivity index (χ0n) is 12.2. The summed E-state index contributed by atoms with van der Waals surface area (Å²) in [5.41, 5.74) is 1.07. The van der Waals surface area contributed by atoms with Crippen molar-refractivity contribution in [2.45, 2.75) is 6.04 Å². The van der Waals surface area contributed by atoms with Gasteiger partial charge in [-0.25, -0.2) is 0 Å². The van der Waals surface area contributed by atoms with Gasteiger partial charge in [-0.15, -0.1) is 0 Å². The maximum Gasteiger partial charge on any atom is 0.244 e. The molecule has 0 aliphatic carbocycles. The molecule has 1 atom stereocenters. The Morgan fingerprint density at radius 3 is 2.10 bits per heavy atom. The van der Waals surface area contributed by atoms with E-state index in [4.69, 9.17) is 9.47 Å². The lowest BCUT2D eigenvalue weighted by Gasteiger charge is -2.37. The topological polar surface area (TPSA) is 42.0 Å². The number of carbonyl (C=O) groups excluding carboxylic acids is 1. The number of benzene rings is 1. The second-order valence-corrected chi connectivity index (χ2v) is 5.40. The molecule has 2 fully saturated rings. The highest BCUT2D eigenvalue weighted by molar-refractivity contribution is 5.83. The summed E-state index contributed by atoms with van der Waals surface area (Å²) in [5, 5.41) is 0. The van der Waals surface area contributed by atoms with Gasteiger partial charge in [-0.3, -0.25) is 9.69 Å². The predicted octanol–water partition coefficient (Wildman–Crippen LogP) is 0.919. The Morgan fingerprint density at radius 1 is 0.905 bits per heavy atom. The maximum absolute atomic E-state index is 13.0. The Hall–Kier alpha value is -1.43. The van der Waals surface area contributed by atoms with Crippen LogP contribution in [0.25, 0.3) is 0 Å². The Labute approximate surface area is 125 Å². The first-order valence-corrected chi connectivity index (χ1v) is 7.59. The van der Waals surface area contributed by atoms with Crippen molar-refractivity contribution in [2.24, 2.45) is 0 Å². The first-order valence-electron chi connectivity index (χ1n) is 7.59. The number of amides is 1. The van der Waals surface area contributed by atoms with Gasteiger partial charge in [0.2, 0.25) is 5.91 Å². The van der Waals surface area contributed by atoms with Gasteiger partial charge in [0.25, 0.3) is 0 Å². The van der Waals surface area contributed by atoms with Crippen LogP contribution in [0.4, 0.5) is 0 Å². The van der Waals surface area contributed by atoms with Gasteiger partial charge in [0.15, 0.2) is 0 Å². The van der Waals surface area contributed by atoms with E-state index in [1.54, 1.807) is 0 Å². The maximum atomic E-state index is 13.0. The summed E-state index contributed by atoms with van der Waals surface area (Å²) in [5.74, 6) is 0.186. The molecule has 5 nitrogen and oxygen atoms in total. The molecule has 0 N–H and O–H groups in total. The summed E-state index contributed by atoms with van der Waals surface area (Å²) in [6, 6.07) is 9.86. The van der Waals surface area contributed by atoms with Crippen molar-refractivity contribution in [1.82, 2.24) is 9.80 Å². The number of rotatable bonds is 3. The van der Waals surface area contributed by atoms with E-state index < -0.39 is 0 Å². The minimum Gasteiger partial charge on any atom is -0.379 e. The van der Waals surface area contributed by atoms with Gasteiger partial charge in [-0.05, 0) is 5.56 Å². The smallest absolute Gasteiger partial charge is 0.244 e. The fraction of sp³-hybridized carbons (Fsp3) is 0.562. The van der Waals surface area contributed by atoms with Crippen LogP contribution in [0.15, 0.2) is 30.3 Å². The number of carbonyl (C=O) groups is 1. The van der Waals surface area contributed by atoms with E-state index in [-0.39, 0.29) is 11.9 Å². The second kappa shape index (κ2) is 7.02. The van der Waals surface area contributed by atoms with Crippen molar-refractivity contribution >= 4 is 5.91 Å². The molecule has 114 valence electrons. The van der Waals surface area contributed by atoms with Crippen LogP contribution in [0.3, 0.4) is 0 Å². The molecule has 1 amide bonds. The third kappa shape index (κ3) is 3.43. The lowest BCUT2D eigenvalue weighted by atomic mass is 10.0. The molecular formula is C16H22N2O3. The van der Waals surface area contributed by atoms with Gasteiger partial charge in [0, 0.05) is 26.2 Å². The van der Waals surface area contributed by atoms with Crippen LogP contribution in [0.1, 0.15) is 11.6 Å². The Balaban J connectivity index is 1.82. The van der Waals surface area contributed by atoms with Crippen molar-refractivity contribution < 1.29 is 14.3 Å². The molecule has 2 aliphatic rings. The molecule has 0 aromatic heterocycles. The van der Waals surface area contributed by atoms with Gasteiger partial charge in [-0.1, -0.05) is 30.3 Å². The molecule has 1 aromatic rings. The molecule has 2 aliphatic heterocycles. The molecule has 5 heteroatoms. The number of hydrogen-bond donors (Lipinski definition) is 0. The van der Waals surface area contributed by atoms with Gasteiger partial charge in [0.05, 0.1) is 26.4 Å². The molecule has 0 saturated carbocycles. The van der Waals surface area contributed by atoms with Crippen LogP contribution >= 0.6 is 0 Å². The predicted molar refractivity (Wildman–Crippen MR) is 79.0 cm³/mol. The summed E-state index contributed by atoms with van der Waals surface area (Å²) in [6.45, 7) is 5.64. The monoisotopic (exact) mass is 290 g/mol. The number of nitrogens with zero attached hydrogens (tertiary/aromatic N) is 2. The van der Waals surface area contributed by atoms with Crippen LogP contribution in [0.2, 0.25) is 0 Å². The van der Waals surface area contributed by atoms with E-state index in [1.165, 1.54) is 0 Å². The molecule has 1 aromatic carbocycles. The van der Waals surface area contributed by atoms with Crippen LogP contribution in [0, 0.1) is 0 Å². The molecule has 0 spiro atoms. The zero-order valence-corrected chi connectivity index (χ0v) is 12.2. The van der Waals surface area contributed by atoms with Gasteiger partial charge in [0.1, 0.15) is 6.04 Å². The molecule has 0 bridgehead atoms. The van der Waals surface area contributed by atoms with Crippen molar-refractivity contribution in [3.8, 4) is 0 Å². The summed E-state index contributed by atoms with van der Waals surface area (Å²) in [6.07, 6.45) is 0. The molecule has 2 saturated heterocycles. The van der Waals surface area contributed by atoms with Gasteiger partial charge >= 0.3 is 0 Å². The molecule has 0 radical (unpaired) electrons. The highest BCUT2D eigenvalue weighted by atomic mass is 16.5. The summed E-state index contributed by atoms with van der Waals surface area (Å²) in [7, 11) is 0. The molecule has 2 heterocycles. The first-order chi connectivity index (χ1) is 10.4. The minimum atomic E-state index is -0.201. The Morgan fingerprint density at radius 2 is 1.48 bits per heavy atom. The summed E-state index contributed by atoms with van der Waals surface area (Å²) < 4.78 is 10.8. The highest BCUT2D eigenvalue weighted by Gasteiger charge is 2.32. The van der Waals surface area contributed by atoms with Crippen molar-refractivity contribution in [3.63, 3.8) is 0 Å². The standard InChI is InChI=1S/C16H22N2O3/c19-16(18-8-12-21-13-9-18)15(14-4-2-1-3-5-14)17-6-10-20-11-7-17/h1-5,15H,6-13H2/t15-/m0/s1. The van der Waals surface area contributed by atoms with Crippen molar-refractivity contribution in [1.29, 1.82) is 0 Å². The van der Waals surface area contributed by atoms with Crippen LogP contribution < -0.4 is 0 Å². The van der Waals surface area contributed by atoms with Gasteiger partial charge in [-0.2, -0.15) is 0 Å². The van der Waals surface area contributed by atoms with Crippen LogP contribution in [-0.2, 0) is 14.3 Å². The third-order valence-electron chi connectivity index (χ3n) is 4.08. The van der Waals surface area contributed by atoms with E-state index in [9.17, 15) is 4.79 Å². The normalized spacial score (nSPS) is 22.0. The average molecular weight is 290 g/mol. The van der Waals surface area contributed by atoms with E-state index in [1.807, 2.05) is 35.2 Å². The van der Waals surface area contributed by atoms with E-state index in [0.29, 0.717) is 39.5 Å². The lowest BCUT2D eigenvalue weighted by molar-refractivity contribution is -0.143. The molecular weight excluding hydrogens is 268 g/mol. The van der Waals surface area contributed by atoms with E-state index >= 15 is 0 Å². The fourth-order valence-electron chi connectivity index (χ4n) is 2.94. The third-order valence-corrected chi connectivity index (χ3v) is 4.08. The van der Waals surface area contributed by atoms with Gasteiger partial charge < -0.3 is 14.4 Å². The second-order valence-electron chi connectivity index (χ2n) is 5.40. The fourth-order valence-corrected chi connectivity index (χ4v) is 2.94. The SMILES string of the molecule is O=C([C@H](c1ccccc1)N1CCOCC1)N1CCOCC1. The first kappa shape index (κ1) is 14.5. The largest absolute Gasteiger partial charge is 0.379 e. The number of hydrogen-bond acceptors (Lipinski definition) is 4. The zero-order chi connectivity index (χ0) is 14.5. The summed E-state index contributed by atoms with van der Waals surface area (Å²) in [4.78, 5) is 17.1. The molecule has 0 unspecified atom stereocenters. The van der Waals surface area contributed by atoms with E-state index in [2.05, 4.69) is 4.90 Å². The Kier molecular flexibility index (Phi) is 4.85. The average Bonchev–Trinajstić information content (AvgIpc) is 2.58. The van der Waals surface area contributed by atoms with Crippen molar-refractivity contribution in [3.05, 3.63) is 35.9 Å². The van der Waals surface area contributed by atoms with Crippen LogP contribution in [0.5, 0.6) is 0 Å². The molecule has 21 heavy (non-hydrogen) atoms. The van der Waals surface area contributed by atoms with Crippen LogP contribution in [-0.4, -0.2) is 68.3 Å². The summed E-state index contributed by atoms with van der Waals surface area (Å²) >= 11 is 0. The highest BCUT2D eigenvalue weighted by Crippen LogP contribution is 2.24. The van der Waals surface area contributed by atoms with E-state index in [0.717, 1.165) is 18.7 Å².